The minimum Gasteiger partial charge on any atom is -0.383 e. The molecule has 4 nitrogen and oxygen atoms in total. The van der Waals surface area contributed by atoms with Crippen LogP contribution in [0.25, 0.3) is 22.4 Å². The minimum absolute atomic E-state index is 0.254. The van der Waals surface area contributed by atoms with E-state index in [1.165, 1.54) is 0 Å². The molecule has 0 aliphatic carbocycles. The van der Waals surface area contributed by atoms with Crippen molar-refractivity contribution in [1.29, 1.82) is 0 Å². The van der Waals surface area contributed by atoms with Crippen LogP contribution in [0.2, 0.25) is 0 Å². The number of nitrogens with zero attached hydrogens (tertiary/aromatic N) is 3. The van der Waals surface area contributed by atoms with Crippen LogP contribution in [0.3, 0.4) is 0 Å². The second-order valence-corrected chi connectivity index (χ2v) is 5.97. The summed E-state index contributed by atoms with van der Waals surface area (Å²) < 4.78 is 0.766. The van der Waals surface area contributed by atoms with Gasteiger partial charge in [0.1, 0.15) is 11.5 Å². The third-order valence-corrected chi connectivity index (χ3v) is 4.09. The molecule has 0 amide bonds. The van der Waals surface area contributed by atoms with Crippen molar-refractivity contribution in [2.24, 2.45) is 0 Å². The zero-order valence-electron chi connectivity index (χ0n) is 11.8. The second-order valence-electron chi connectivity index (χ2n) is 5.18. The maximum Gasteiger partial charge on any atom is 0.180 e. The molecule has 0 bridgehead atoms. The topological polar surface area (TPSA) is 64.7 Å². The van der Waals surface area contributed by atoms with Crippen molar-refractivity contribution >= 4 is 32.7 Å². The largest absolute Gasteiger partial charge is 0.383 e. The number of benzene rings is 1. The van der Waals surface area contributed by atoms with Gasteiger partial charge in [-0.1, -0.05) is 38.1 Å². The summed E-state index contributed by atoms with van der Waals surface area (Å²) in [5.41, 5.74) is 8.53. The molecule has 3 rings (SSSR count). The molecule has 106 valence electrons. The van der Waals surface area contributed by atoms with Crippen LogP contribution in [0.5, 0.6) is 0 Å². The number of hydrogen-bond donors (Lipinski definition) is 1. The molecular weight excluding hydrogens is 328 g/mol. The number of hydrogen-bond acceptors (Lipinski definition) is 4. The number of rotatable bonds is 2. The minimum atomic E-state index is 0.254. The lowest BCUT2D eigenvalue weighted by atomic mass is 10.1. The van der Waals surface area contributed by atoms with Crippen LogP contribution in [-0.2, 0) is 0 Å². The molecule has 2 heterocycles. The van der Waals surface area contributed by atoms with Crippen molar-refractivity contribution in [2.45, 2.75) is 19.8 Å². The molecule has 1 aromatic carbocycles. The number of nitrogen functional groups attached to an aromatic ring is 1. The smallest absolute Gasteiger partial charge is 0.180 e. The average Bonchev–Trinajstić information content (AvgIpc) is 2.49. The predicted molar refractivity (Wildman–Crippen MR) is 89.0 cm³/mol. The van der Waals surface area contributed by atoms with Gasteiger partial charge in [-0.15, -0.1) is 0 Å². The van der Waals surface area contributed by atoms with Gasteiger partial charge in [-0.05, 0) is 34.0 Å². The second kappa shape index (κ2) is 5.41. The van der Waals surface area contributed by atoms with Crippen LogP contribution in [0.4, 0.5) is 5.82 Å². The summed E-state index contributed by atoms with van der Waals surface area (Å²) in [5, 5.41) is 1.09. The molecule has 0 aliphatic heterocycles. The Morgan fingerprint density at radius 2 is 1.76 bits per heavy atom. The quantitative estimate of drug-likeness (QED) is 0.759. The van der Waals surface area contributed by atoms with Crippen molar-refractivity contribution in [2.75, 3.05) is 5.73 Å². The lowest BCUT2D eigenvalue weighted by Gasteiger charge is -2.11. The molecule has 0 spiro atoms. The molecule has 0 fully saturated rings. The lowest BCUT2D eigenvalue weighted by molar-refractivity contribution is 0.810. The van der Waals surface area contributed by atoms with E-state index in [0.717, 1.165) is 26.8 Å². The SMILES string of the molecule is CC(C)c1nc(-c2ccc3ccccc3n2)nc(N)c1Br. The van der Waals surface area contributed by atoms with Crippen molar-refractivity contribution in [3.05, 3.63) is 46.6 Å². The molecule has 2 N–H and O–H groups in total. The van der Waals surface area contributed by atoms with Crippen LogP contribution in [0.1, 0.15) is 25.5 Å². The fourth-order valence-corrected chi connectivity index (χ4v) is 2.81. The maximum absolute atomic E-state index is 5.98. The fourth-order valence-electron chi connectivity index (χ4n) is 2.17. The first-order chi connectivity index (χ1) is 10.1. The third-order valence-electron chi connectivity index (χ3n) is 3.28. The summed E-state index contributed by atoms with van der Waals surface area (Å²) in [4.78, 5) is 13.6. The monoisotopic (exact) mass is 342 g/mol. The van der Waals surface area contributed by atoms with Gasteiger partial charge in [-0.3, -0.25) is 0 Å². The zero-order chi connectivity index (χ0) is 15.0. The first kappa shape index (κ1) is 13.9. The highest BCUT2D eigenvalue weighted by atomic mass is 79.9. The average molecular weight is 343 g/mol. The number of para-hydroxylation sites is 1. The number of pyridine rings is 1. The molecule has 0 saturated carbocycles. The molecule has 21 heavy (non-hydrogen) atoms. The number of anilines is 1. The van der Waals surface area contributed by atoms with E-state index in [-0.39, 0.29) is 5.92 Å². The zero-order valence-corrected chi connectivity index (χ0v) is 13.4. The first-order valence-electron chi connectivity index (χ1n) is 6.75. The summed E-state index contributed by atoms with van der Waals surface area (Å²) in [7, 11) is 0. The highest BCUT2D eigenvalue weighted by Crippen LogP contribution is 2.29. The highest BCUT2D eigenvalue weighted by molar-refractivity contribution is 9.10. The normalized spacial score (nSPS) is 11.2. The summed E-state index contributed by atoms with van der Waals surface area (Å²) in [5.74, 6) is 1.26. The van der Waals surface area contributed by atoms with Crippen LogP contribution in [0.15, 0.2) is 40.9 Å². The molecule has 0 saturated heterocycles. The van der Waals surface area contributed by atoms with Crippen molar-refractivity contribution in [1.82, 2.24) is 15.0 Å². The van der Waals surface area contributed by atoms with Gasteiger partial charge in [-0.2, -0.15) is 0 Å². The van der Waals surface area contributed by atoms with Gasteiger partial charge in [0.05, 0.1) is 15.7 Å². The molecule has 0 radical (unpaired) electrons. The number of aromatic nitrogens is 3. The number of halogens is 1. The van der Waals surface area contributed by atoms with E-state index >= 15 is 0 Å². The van der Waals surface area contributed by atoms with Crippen LogP contribution >= 0.6 is 15.9 Å². The summed E-state index contributed by atoms with van der Waals surface area (Å²) in [6.45, 7) is 4.15. The molecule has 3 aromatic rings. The Kier molecular flexibility index (Phi) is 3.59. The van der Waals surface area contributed by atoms with Gasteiger partial charge in [0.2, 0.25) is 0 Å². The molecule has 2 aromatic heterocycles. The van der Waals surface area contributed by atoms with Crippen LogP contribution in [0, 0.1) is 0 Å². The van der Waals surface area contributed by atoms with E-state index in [2.05, 4.69) is 44.7 Å². The van der Waals surface area contributed by atoms with E-state index < -0.39 is 0 Å². The third kappa shape index (κ3) is 2.61. The standard InChI is InChI=1S/C16H15BrN4/c1-9(2)14-13(17)15(18)21-16(20-14)12-8-7-10-5-3-4-6-11(10)19-12/h3-9H,1-2H3,(H2,18,20,21). The highest BCUT2D eigenvalue weighted by Gasteiger charge is 2.15. The molecule has 0 aliphatic rings. The molecule has 5 heteroatoms. The van der Waals surface area contributed by atoms with Gasteiger partial charge in [0.25, 0.3) is 0 Å². The Morgan fingerprint density at radius 3 is 2.52 bits per heavy atom. The van der Waals surface area contributed by atoms with E-state index in [0.29, 0.717) is 11.6 Å². The molecule has 0 unspecified atom stereocenters. The van der Waals surface area contributed by atoms with Crippen molar-refractivity contribution in [3.8, 4) is 11.5 Å². The number of fused-ring (bicyclic) bond motifs is 1. The Labute approximate surface area is 131 Å². The Bertz CT molecular complexity index is 814. The predicted octanol–water partition coefficient (Wildman–Crippen LogP) is 4.16. The van der Waals surface area contributed by atoms with Gasteiger partial charge in [-0.25, -0.2) is 15.0 Å². The molecule has 0 atom stereocenters. The van der Waals surface area contributed by atoms with Gasteiger partial charge in [0.15, 0.2) is 5.82 Å². The van der Waals surface area contributed by atoms with Crippen LogP contribution in [-0.4, -0.2) is 15.0 Å². The van der Waals surface area contributed by atoms with Crippen molar-refractivity contribution in [3.63, 3.8) is 0 Å². The van der Waals surface area contributed by atoms with Gasteiger partial charge >= 0.3 is 0 Å². The Morgan fingerprint density at radius 1 is 1.00 bits per heavy atom. The Balaban J connectivity index is 2.18. The Hall–Kier alpha value is -2.01. The summed E-state index contributed by atoms with van der Waals surface area (Å²) >= 11 is 3.46. The lowest BCUT2D eigenvalue weighted by Crippen LogP contribution is -2.05. The van der Waals surface area contributed by atoms with E-state index in [4.69, 9.17) is 5.73 Å². The first-order valence-corrected chi connectivity index (χ1v) is 7.54. The van der Waals surface area contributed by atoms with E-state index in [9.17, 15) is 0 Å². The fraction of sp³-hybridized carbons (Fsp3) is 0.188. The number of nitrogens with two attached hydrogens (primary N) is 1. The summed E-state index contributed by atoms with van der Waals surface area (Å²) in [6, 6.07) is 11.9. The maximum atomic E-state index is 5.98. The molecular formula is C16H15BrN4. The van der Waals surface area contributed by atoms with Crippen LogP contribution < -0.4 is 5.73 Å². The van der Waals surface area contributed by atoms with E-state index in [1.807, 2.05) is 36.4 Å². The summed E-state index contributed by atoms with van der Waals surface area (Å²) in [6.07, 6.45) is 0. The van der Waals surface area contributed by atoms with E-state index in [1.54, 1.807) is 0 Å². The van der Waals surface area contributed by atoms with Gasteiger partial charge in [0, 0.05) is 5.39 Å². The van der Waals surface area contributed by atoms with Gasteiger partial charge < -0.3 is 5.73 Å². The van der Waals surface area contributed by atoms with Crippen molar-refractivity contribution < 1.29 is 0 Å².